The van der Waals surface area contributed by atoms with Gasteiger partial charge in [-0.25, -0.2) is 0 Å². The second-order valence-corrected chi connectivity index (χ2v) is 1.54. The zero-order valence-corrected chi connectivity index (χ0v) is 5.55. The van der Waals surface area contributed by atoms with E-state index >= 15 is 0 Å². The van der Waals surface area contributed by atoms with Gasteiger partial charge in [0.25, 0.3) is 0 Å². The zero-order chi connectivity index (χ0) is 6.24. The molecule has 0 aliphatic carbocycles. The van der Waals surface area contributed by atoms with Crippen LogP contribution < -0.4 is 0 Å². The van der Waals surface area contributed by atoms with Crippen molar-refractivity contribution in [3.8, 4) is 0 Å². The van der Waals surface area contributed by atoms with E-state index in [1.807, 2.05) is 19.4 Å². The molecule has 0 aromatic heterocycles. The van der Waals surface area contributed by atoms with Crippen LogP contribution in [0, 0.1) is 6.42 Å². The lowest BCUT2D eigenvalue weighted by molar-refractivity contribution is 0.204. The molecule has 0 spiro atoms. The fraction of sp³-hybridized carbons (Fsp3) is 0.571. The van der Waals surface area contributed by atoms with Crippen molar-refractivity contribution >= 4 is 0 Å². The lowest BCUT2D eigenvalue weighted by atomic mass is 10.3. The van der Waals surface area contributed by atoms with Crippen LogP contribution in [0.5, 0.6) is 0 Å². The van der Waals surface area contributed by atoms with Gasteiger partial charge in [-0.05, 0) is 12.8 Å². The maximum Gasteiger partial charge on any atom is 0.0496 e. The molecular formula is C7H13O. The van der Waals surface area contributed by atoms with E-state index in [0.717, 1.165) is 13.0 Å². The van der Waals surface area contributed by atoms with Crippen molar-refractivity contribution in [3.63, 3.8) is 0 Å². The molecule has 0 saturated heterocycles. The van der Waals surface area contributed by atoms with Crippen molar-refractivity contribution in [2.45, 2.75) is 13.3 Å². The third-order valence-electron chi connectivity index (χ3n) is 0.817. The van der Waals surface area contributed by atoms with Crippen molar-refractivity contribution in [3.05, 3.63) is 18.6 Å². The molecule has 0 aromatic rings. The molecular weight excluding hydrogens is 100 g/mol. The molecule has 0 heterocycles. The maximum atomic E-state index is 4.82. The van der Waals surface area contributed by atoms with Gasteiger partial charge in [-0.2, -0.15) is 0 Å². The highest BCUT2D eigenvalue weighted by atomic mass is 16.5. The molecule has 0 saturated carbocycles. The number of allylic oxidation sites excluding steroid dienone is 1. The first-order chi connectivity index (χ1) is 3.91. The summed E-state index contributed by atoms with van der Waals surface area (Å²) in [6.45, 7) is 2.83. The Hall–Kier alpha value is -0.300. The summed E-state index contributed by atoms with van der Waals surface area (Å²) >= 11 is 0. The van der Waals surface area contributed by atoms with E-state index in [2.05, 4.69) is 6.08 Å². The first-order valence-electron chi connectivity index (χ1n) is 2.85. The minimum absolute atomic E-state index is 0.824. The summed E-state index contributed by atoms with van der Waals surface area (Å²) in [4.78, 5) is 0. The van der Waals surface area contributed by atoms with Crippen molar-refractivity contribution in [2.24, 2.45) is 0 Å². The molecule has 1 radical (unpaired) electrons. The number of methoxy groups -OCH3 is 1. The number of hydrogen-bond acceptors (Lipinski definition) is 1. The predicted molar refractivity (Wildman–Crippen MR) is 35.6 cm³/mol. The second-order valence-electron chi connectivity index (χ2n) is 1.54. The summed E-state index contributed by atoms with van der Waals surface area (Å²) in [5.41, 5.74) is 0. The number of rotatable bonds is 4. The van der Waals surface area contributed by atoms with Gasteiger partial charge in [0.05, 0.1) is 0 Å². The first kappa shape index (κ1) is 7.70. The Morgan fingerprint density at radius 1 is 1.50 bits per heavy atom. The van der Waals surface area contributed by atoms with Gasteiger partial charge in [-0.3, -0.25) is 0 Å². The van der Waals surface area contributed by atoms with Crippen LogP contribution in [0.15, 0.2) is 12.2 Å². The Labute approximate surface area is 51.4 Å². The molecule has 1 heteroatoms. The fourth-order valence-corrected chi connectivity index (χ4v) is 0.418. The quantitative estimate of drug-likeness (QED) is 0.505. The molecule has 47 valence electrons. The zero-order valence-electron chi connectivity index (χ0n) is 5.55. The largest absolute Gasteiger partial charge is 0.384 e. The van der Waals surface area contributed by atoms with Gasteiger partial charge >= 0.3 is 0 Å². The molecule has 0 aliphatic heterocycles. The summed E-state index contributed by atoms with van der Waals surface area (Å²) in [6, 6.07) is 0. The van der Waals surface area contributed by atoms with Crippen LogP contribution in [-0.4, -0.2) is 13.7 Å². The Morgan fingerprint density at radius 3 is 2.75 bits per heavy atom. The van der Waals surface area contributed by atoms with Gasteiger partial charge in [0.15, 0.2) is 0 Å². The van der Waals surface area contributed by atoms with Gasteiger partial charge in [-0.15, -0.1) is 0 Å². The average Bonchev–Trinajstić information content (AvgIpc) is 1.81. The first-order valence-corrected chi connectivity index (χ1v) is 2.85. The topological polar surface area (TPSA) is 9.23 Å². The summed E-state index contributed by atoms with van der Waals surface area (Å²) in [6.07, 6.45) is 7.14. The minimum Gasteiger partial charge on any atom is -0.384 e. The Kier molecular flexibility index (Phi) is 6.45. The van der Waals surface area contributed by atoms with Gasteiger partial charge in [-0.1, -0.05) is 19.1 Å². The van der Waals surface area contributed by atoms with Gasteiger partial charge in [0.2, 0.25) is 0 Å². The van der Waals surface area contributed by atoms with Crippen molar-refractivity contribution in [2.75, 3.05) is 13.7 Å². The van der Waals surface area contributed by atoms with Crippen LogP contribution >= 0.6 is 0 Å². The van der Waals surface area contributed by atoms with Gasteiger partial charge in [0, 0.05) is 13.7 Å². The summed E-state index contributed by atoms with van der Waals surface area (Å²) in [5.74, 6) is 0. The van der Waals surface area contributed by atoms with E-state index in [0.29, 0.717) is 0 Å². The third-order valence-corrected chi connectivity index (χ3v) is 0.817. The maximum absolute atomic E-state index is 4.82. The van der Waals surface area contributed by atoms with Crippen LogP contribution in [0.2, 0.25) is 0 Å². The molecule has 0 rings (SSSR count). The average molecular weight is 113 g/mol. The minimum atomic E-state index is 0.824. The molecule has 0 aliphatic rings. The monoisotopic (exact) mass is 113 g/mol. The standard InChI is InChI=1S/C7H13O/c1-3-4-5-6-7-8-2/h3-5H,6-7H2,1-2H3. The van der Waals surface area contributed by atoms with E-state index in [4.69, 9.17) is 4.74 Å². The molecule has 1 nitrogen and oxygen atoms in total. The highest BCUT2D eigenvalue weighted by Gasteiger charge is 1.73. The van der Waals surface area contributed by atoms with Crippen LogP contribution in [0.4, 0.5) is 0 Å². The third kappa shape index (κ3) is 5.70. The lowest BCUT2D eigenvalue weighted by Gasteiger charge is -1.88. The number of ether oxygens (including phenoxy) is 1. The molecule has 0 amide bonds. The molecule has 0 atom stereocenters. The van der Waals surface area contributed by atoms with Crippen LogP contribution in [-0.2, 0) is 4.74 Å². The summed E-state index contributed by atoms with van der Waals surface area (Å²) < 4.78 is 4.82. The molecule has 0 N–H and O–H groups in total. The molecule has 0 unspecified atom stereocenters. The Balaban J connectivity index is 2.80. The van der Waals surface area contributed by atoms with Gasteiger partial charge in [0.1, 0.15) is 0 Å². The normalized spacial score (nSPS) is 10.8. The highest BCUT2D eigenvalue weighted by molar-refractivity contribution is 4.91. The Morgan fingerprint density at radius 2 is 2.25 bits per heavy atom. The predicted octanol–water partition coefficient (Wildman–Crippen LogP) is 1.80. The van der Waals surface area contributed by atoms with E-state index in [-0.39, 0.29) is 0 Å². The smallest absolute Gasteiger partial charge is 0.0496 e. The van der Waals surface area contributed by atoms with E-state index in [1.54, 1.807) is 7.11 Å². The fourth-order valence-electron chi connectivity index (χ4n) is 0.418. The highest BCUT2D eigenvalue weighted by Crippen LogP contribution is 1.84. The van der Waals surface area contributed by atoms with E-state index in [9.17, 15) is 0 Å². The molecule has 0 fully saturated rings. The summed E-state index contributed by atoms with van der Waals surface area (Å²) in [5, 5.41) is 0. The lowest BCUT2D eigenvalue weighted by Crippen LogP contribution is -1.83. The molecule has 0 aromatic carbocycles. The molecule has 8 heavy (non-hydrogen) atoms. The SMILES string of the molecule is C[CH]C=CCCOC. The van der Waals surface area contributed by atoms with E-state index < -0.39 is 0 Å². The van der Waals surface area contributed by atoms with E-state index in [1.165, 1.54) is 0 Å². The Bertz CT molecular complexity index is 57.4. The second kappa shape index (κ2) is 6.70. The van der Waals surface area contributed by atoms with Crippen molar-refractivity contribution < 1.29 is 4.74 Å². The van der Waals surface area contributed by atoms with Crippen LogP contribution in [0.3, 0.4) is 0 Å². The van der Waals surface area contributed by atoms with Gasteiger partial charge < -0.3 is 4.74 Å². The van der Waals surface area contributed by atoms with Crippen molar-refractivity contribution in [1.82, 2.24) is 0 Å². The van der Waals surface area contributed by atoms with Crippen LogP contribution in [0.25, 0.3) is 0 Å². The van der Waals surface area contributed by atoms with Crippen LogP contribution in [0.1, 0.15) is 13.3 Å². The van der Waals surface area contributed by atoms with Crippen molar-refractivity contribution in [1.29, 1.82) is 0 Å². The number of hydrogen-bond donors (Lipinski definition) is 0. The summed E-state index contributed by atoms with van der Waals surface area (Å²) in [7, 11) is 1.71. The molecule has 0 bridgehead atoms.